The Kier molecular flexibility index (Phi) is 6.04. The number of imidazole rings is 1. The van der Waals surface area contributed by atoms with Crippen LogP contribution in [0, 0.1) is 13.8 Å². The largest absolute Gasteiger partial charge is 0.507 e. The Morgan fingerprint density at radius 2 is 1.47 bits per heavy atom. The van der Waals surface area contributed by atoms with Gasteiger partial charge in [0, 0.05) is 38.0 Å². The fourth-order valence-electron chi connectivity index (χ4n) is 4.26. The van der Waals surface area contributed by atoms with E-state index in [0.29, 0.717) is 5.75 Å². The quantitative estimate of drug-likeness (QED) is 0.416. The Bertz CT molecular complexity index is 1200. The Morgan fingerprint density at radius 1 is 0.844 bits per heavy atom. The van der Waals surface area contributed by atoms with Crippen LogP contribution >= 0.6 is 0 Å². The molecule has 0 aliphatic rings. The van der Waals surface area contributed by atoms with Crippen LogP contribution in [0.2, 0.25) is 0 Å². The van der Waals surface area contributed by atoms with Crippen LogP contribution in [0.15, 0.2) is 66.7 Å². The Balaban J connectivity index is 1.80. The van der Waals surface area contributed by atoms with Crippen LogP contribution in [-0.4, -0.2) is 28.8 Å². The molecule has 0 radical (unpaired) electrons. The van der Waals surface area contributed by atoms with Crippen molar-refractivity contribution in [3.8, 4) is 28.4 Å². The third-order valence-electron chi connectivity index (χ3n) is 6.07. The standard InChI is InChI=1S/C28H31N3O/c1-19-17-23(18-20(2)27(19)32)28-29-25(16-11-21-9-7-6-8-10-21)26(31(28)5)22-12-14-24(15-13-22)30(3)4/h6-10,12-15,17-18,32H,11,16H2,1-5H3. The molecule has 0 bridgehead atoms. The summed E-state index contributed by atoms with van der Waals surface area (Å²) in [6, 6.07) is 23.2. The third-order valence-corrected chi connectivity index (χ3v) is 6.07. The molecule has 0 aliphatic heterocycles. The molecule has 164 valence electrons. The maximum Gasteiger partial charge on any atom is 0.140 e. The van der Waals surface area contributed by atoms with Crippen LogP contribution in [0.5, 0.6) is 5.75 Å². The van der Waals surface area contributed by atoms with Crippen molar-refractivity contribution in [3.05, 3.63) is 89.1 Å². The minimum atomic E-state index is 0.353. The number of phenolic OH excluding ortho intramolecular Hbond substituents is 1. The number of phenols is 1. The molecule has 4 heteroatoms. The molecule has 32 heavy (non-hydrogen) atoms. The Labute approximate surface area is 190 Å². The normalized spacial score (nSPS) is 11.0. The first-order valence-electron chi connectivity index (χ1n) is 11.0. The molecule has 0 amide bonds. The smallest absolute Gasteiger partial charge is 0.140 e. The summed E-state index contributed by atoms with van der Waals surface area (Å²) in [5.74, 6) is 1.28. The van der Waals surface area contributed by atoms with E-state index in [2.05, 4.69) is 85.2 Å². The molecule has 0 saturated heterocycles. The van der Waals surface area contributed by atoms with Gasteiger partial charge in [0.05, 0.1) is 11.4 Å². The lowest BCUT2D eigenvalue weighted by molar-refractivity contribution is 0.467. The lowest BCUT2D eigenvalue weighted by Gasteiger charge is -2.14. The molecule has 0 fully saturated rings. The lowest BCUT2D eigenvalue weighted by atomic mass is 10.0. The van der Waals surface area contributed by atoms with E-state index >= 15 is 0 Å². The van der Waals surface area contributed by atoms with Gasteiger partial charge >= 0.3 is 0 Å². The predicted octanol–water partition coefficient (Wildman–Crippen LogP) is 5.93. The first kappa shape index (κ1) is 21.7. The lowest BCUT2D eigenvalue weighted by Crippen LogP contribution is -2.08. The number of nitrogens with zero attached hydrogens (tertiary/aromatic N) is 3. The molecule has 4 rings (SSSR count). The van der Waals surface area contributed by atoms with Gasteiger partial charge in [-0.25, -0.2) is 4.98 Å². The van der Waals surface area contributed by atoms with Crippen molar-refractivity contribution in [1.29, 1.82) is 0 Å². The van der Waals surface area contributed by atoms with Crippen molar-refractivity contribution < 1.29 is 5.11 Å². The highest BCUT2D eigenvalue weighted by Gasteiger charge is 2.19. The van der Waals surface area contributed by atoms with E-state index in [0.717, 1.165) is 52.3 Å². The fraction of sp³-hybridized carbons (Fsp3) is 0.250. The Morgan fingerprint density at radius 3 is 2.06 bits per heavy atom. The van der Waals surface area contributed by atoms with Gasteiger partial charge in [0.25, 0.3) is 0 Å². The summed E-state index contributed by atoms with van der Waals surface area (Å²) in [6.07, 6.45) is 1.80. The SMILES string of the molecule is Cc1cc(-c2nc(CCc3ccccc3)c(-c3ccc(N(C)C)cc3)n2C)cc(C)c1O. The summed E-state index contributed by atoms with van der Waals surface area (Å²) in [5, 5.41) is 10.2. The molecule has 0 saturated carbocycles. The highest BCUT2D eigenvalue weighted by Crippen LogP contribution is 2.34. The van der Waals surface area contributed by atoms with E-state index in [1.165, 1.54) is 11.3 Å². The molecule has 3 aromatic carbocycles. The van der Waals surface area contributed by atoms with Gasteiger partial charge in [0.15, 0.2) is 0 Å². The molecule has 0 unspecified atom stereocenters. The van der Waals surface area contributed by atoms with Gasteiger partial charge in [-0.2, -0.15) is 0 Å². The van der Waals surface area contributed by atoms with Crippen molar-refractivity contribution in [2.75, 3.05) is 19.0 Å². The van der Waals surface area contributed by atoms with Crippen LogP contribution in [0.3, 0.4) is 0 Å². The number of hydrogen-bond acceptors (Lipinski definition) is 3. The van der Waals surface area contributed by atoms with Crippen molar-refractivity contribution in [1.82, 2.24) is 9.55 Å². The zero-order valence-electron chi connectivity index (χ0n) is 19.6. The topological polar surface area (TPSA) is 41.3 Å². The van der Waals surface area contributed by atoms with E-state index in [4.69, 9.17) is 4.98 Å². The van der Waals surface area contributed by atoms with Crippen molar-refractivity contribution >= 4 is 5.69 Å². The van der Waals surface area contributed by atoms with Crippen molar-refractivity contribution in [2.24, 2.45) is 7.05 Å². The van der Waals surface area contributed by atoms with Crippen LogP contribution in [0.1, 0.15) is 22.4 Å². The van der Waals surface area contributed by atoms with Gasteiger partial charge < -0.3 is 14.6 Å². The van der Waals surface area contributed by atoms with Crippen molar-refractivity contribution in [3.63, 3.8) is 0 Å². The molecule has 4 aromatic rings. The van der Waals surface area contributed by atoms with Gasteiger partial charge in [-0.05, 0) is 67.6 Å². The highest BCUT2D eigenvalue weighted by atomic mass is 16.3. The number of aromatic nitrogens is 2. The van der Waals surface area contributed by atoms with E-state index < -0.39 is 0 Å². The molecule has 0 spiro atoms. The van der Waals surface area contributed by atoms with Gasteiger partial charge in [0.1, 0.15) is 11.6 Å². The number of aryl methyl sites for hydroxylation is 4. The van der Waals surface area contributed by atoms with E-state index in [-0.39, 0.29) is 0 Å². The summed E-state index contributed by atoms with van der Waals surface area (Å²) < 4.78 is 2.19. The second kappa shape index (κ2) is 8.91. The van der Waals surface area contributed by atoms with Crippen LogP contribution in [-0.2, 0) is 19.9 Å². The van der Waals surface area contributed by atoms with E-state index in [1.54, 1.807) is 0 Å². The summed E-state index contributed by atoms with van der Waals surface area (Å²) in [4.78, 5) is 7.22. The zero-order valence-corrected chi connectivity index (χ0v) is 19.6. The summed E-state index contributed by atoms with van der Waals surface area (Å²) in [7, 11) is 6.19. The first-order valence-corrected chi connectivity index (χ1v) is 11.0. The zero-order chi connectivity index (χ0) is 22.8. The Hall–Kier alpha value is -3.53. The van der Waals surface area contributed by atoms with Crippen molar-refractivity contribution in [2.45, 2.75) is 26.7 Å². The molecular formula is C28H31N3O. The molecule has 1 aromatic heterocycles. The molecule has 1 heterocycles. The van der Waals surface area contributed by atoms with E-state index in [9.17, 15) is 5.11 Å². The number of benzene rings is 3. The maximum atomic E-state index is 10.2. The fourth-order valence-corrected chi connectivity index (χ4v) is 4.26. The monoisotopic (exact) mass is 425 g/mol. The van der Waals surface area contributed by atoms with Gasteiger partial charge in [-0.3, -0.25) is 0 Å². The third kappa shape index (κ3) is 4.26. The van der Waals surface area contributed by atoms with E-state index in [1.807, 2.05) is 26.0 Å². The summed E-state index contributed by atoms with van der Waals surface area (Å²) >= 11 is 0. The second-order valence-corrected chi connectivity index (χ2v) is 8.68. The number of anilines is 1. The average molecular weight is 426 g/mol. The molecular weight excluding hydrogens is 394 g/mol. The van der Waals surface area contributed by atoms with Crippen LogP contribution in [0.25, 0.3) is 22.6 Å². The molecule has 0 atom stereocenters. The summed E-state index contributed by atoms with van der Waals surface area (Å²) in [6.45, 7) is 3.87. The maximum absolute atomic E-state index is 10.2. The predicted molar refractivity (Wildman–Crippen MR) is 133 cm³/mol. The molecule has 1 N–H and O–H groups in total. The number of hydrogen-bond donors (Lipinski definition) is 1. The number of rotatable bonds is 6. The average Bonchev–Trinajstić information content (AvgIpc) is 3.12. The van der Waals surface area contributed by atoms with Crippen LogP contribution in [0.4, 0.5) is 5.69 Å². The molecule has 0 aliphatic carbocycles. The minimum Gasteiger partial charge on any atom is -0.507 e. The molecule has 4 nitrogen and oxygen atoms in total. The second-order valence-electron chi connectivity index (χ2n) is 8.68. The van der Waals surface area contributed by atoms with Gasteiger partial charge in [-0.1, -0.05) is 42.5 Å². The highest BCUT2D eigenvalue weighted by molar-refractivity contribution is 5.71. The first-order chi connectivity index (χ1) is 15.3. The minimum absolute atomic E-state index is 0.353. The number of aromatic hydroxyl groups is 1. The van der Waals surface area contributed by atoms with Gasteiger partial charge in [-0.15, -0.1) is 0 Å². The summed E-state index contributed by atoms with van der Waals surface area (Å²) in [5.41, 5.74) is 8.63. The van der Waals surface area contributed by atoms with Gasteiger partial charge in [0.2, 0.25) is 0 Å². The van der Waals surface area contributed by atoms with Crippen LogP contribution < -0.4 is 4.90 Å².